The van der Waals surface area contributed by atoms with Crippen LogP contribution >= 0.6 is 0 Å². The van der Waals surface area contributed by atoms with Gasteiger partial charge in [-0.15, -0.1) is 0 Å². The van der Waals surface area contributed by atoms with Gasteiger partial charge in [-0.1, -0.05) is 20.3 Å². The molecule has 1 aliphatic rings. The summed E-state index contributed by atoms with van der Waals surface area (Å²) in [4.78, 5) is 41.4. The molecule has 7 nitrogen and oxygen atoms in total. The zero-order chi connectivity index (χ0) is 21.0. The third kappa shape index (κ3) is 4.60. The largest absolute Gasteiger partial charge is 0.459 e. The molecule has 7 heteroatoms. The fourth-order valence-corrected chi connectivity index (χ4v) is 3.75. The summed E-state index contributed by atoms with van der Waals surface area (Å²) in [6.45, 7) is 7.63. The monoisotopic (exact) mass is 400 g/mol. The fraction of sp³-hybridized carbons (Fsp3) is 0.500. The number of amides is 2. The van der Waals surface area contributed by atoms with Crippen molar-refractivity contribution in [1.82, 2.24) is 9.80 Å². The average Bonchev–Trinajstić information content (AvgIpc) is 3.11. The van der Waals surface area contributed by atoms with E-state index in [1.807, 2.05) is 6.92 Å². The molecule has 0 aromatic carbocycles. The van der Waals surface area contributed by atoms with E-state index in [-0.39, 0.29) is 29.1 Å². The van der Waals surface area contributed by atoms with Crippen molar-refractivity contribution in [3.8, 4) is 0 Å². The summed E-state index contributed by atoms with van der Waals surface area (Å²) in [5.41, 5.74) is 0.140. The highest BCUT2D eigenvalue weighted by Crippen LogP contribution is 2.22. The van der Waals surface area contributed by atoms with E-state index in [0.717, 1.165) is 12.8 Å². The molecule has 0 bridgehead atoms. The summed E-state index contributed by atoms with van der Waals surface area (Å²) in [5.74, 6) is 0.525. The lowest BCUT2D eigenvalue weighted by atomic mass is 10.0. The maximum absolute atomic E-state index is 13.1. The molecule has 1 atom stereocenters. The van der Waals surface area contributed by atoms with E-state index in [1.54, 1.807) is 34.9 Å². The summed E-state index contributed by atoms with van der Waals surface area (Å²) in [7, 11) is 0. The Bertz CT molecular complexity index is 916. The quantitative estimate of drug-likeness (QED) is 0.768. The van der Waals surface area contributed by atoms with E-state index in [0.29, 0.717) is 43.9 Å². The number of carbonyl (C=O) groups is 2. The molecule has 1 saturated heterocycles. The van der Waals surface area contributed by atoms with Crippen LogP contribution in [-0.4, -0.2) is 47.8 Å². The van der Waals surface area contributed by atoms with Crippen LogP contribution in [0.15, 0.2) is 38.1 Å². The Labute approximate surface area is 170 Å². The van der Waals surface area contributed by atoms with E-state index in [4.69, 9.17) is 8.83 Å². The van der Waals surface area contributed by atoms with Crippen LogP contribution in [0.3, 0.4) is 0 Å². The highest BCUT2D eigenvalue weighted by atomic mass is 16.4. The molecule has 0 radical (unpaired) electrons. The third-order valence-electron chi connectivity index (χ3n) is 5.39. The Morgan fingerprint density at radius 2 is 1.83 bits per heavy atom. The Kier molecular flexibility index (Phi) is 6.56. The van der Waals surface area contributed by atoms with Crippen LogP contribution in [0.4, 0.5) is 0 Å². The Balaban J connectivity index is 1.74. The second-order valence-corrected chi connectivity index (χ2v) is 7.60. The number of aryl methyl sites for hydroxylation is 1. The highest BCUT2D eigenvalue weighted by molar-refractivity contribution is 5.95. The van der Waals surface area contributed by atoms with E-state index >= 15 is 0 Å². The molecule has 0 aliphatic carbocycles. The van der Waals surface area contributed by atoms with E-state index in [2.05, 4.69) is 6.92 Å². The number of carbonyl (C=O) groups excluding carboxylic acids is 2. The van der Waals surface area contributed by atoms with E-state index < -0.39 is 5.63 Å². The molecule has 3 heterocycles. The molecular weight excluding hydrogens is 372 g/mol. The van der Waals surface area contributed by atoms with Gasteiger partial charge in [0.25, 0.3) is 11.8 Å². The molecule has 156 valence electrons. The molecule has 0 spiro atoms. The standard InChI is InChI=1S/C22H28N2O5/c1-4-7-15(2)18-14-16(3)19(22(27)29-18)21(26)24-10-6-9-23(11-12-24)20(25)17-8-5-13-28-17/h5,8,13-15H,4,6-7,9-12H2,1-3H3. The van der Waals surface area contributed by atoms with Crippen LogP contribution in [0.5, 0.6) is 0 Å². The van der Waals surface area contributed by atoms with Crippen molar-refractivity contribution < 1.29 is 18.4 Å². The van der Waals surface area contributed by atoms with Crippen molar-refractivity contribution in [2.75, 3.05) is 26.2 Å². The van der Waals surface area contributed by atoms with Gasteiger partial charge in [0.2, 0.25) is 0 Å². The predicted molar refractivity (Wildman–Crippen MR) is 108 cm³/mol. The van der Waals surface area contributed by atoms with Gasteiger partial charge in [-0.3, -0.25) is 9.59 Å². The minimum Gasteiger partial charge on any atom is -0.459 e. The molecule has 2 aromatic heterocycles. The number of rotatable bonds is 5. The van der Waals surface area contributed by atoms with Crippen LogP contribution in [0, 0.1) is 6.92 Å². The van der Waals surface area contributed by atoms with Crippen molar-refractivity contribution in [3.63, 3.8) is 0 Å². The second kappa shape index (κ2) is 9.11. The first kappa shape index (κ1) is 20.9. The van der Waals surface area contributed by atoms with Gasteiger partial charge in [-0.05, 0) is 43.5 Å². The van der Waals surface area contributed by atoms with Gasteiger partial charge >= 0.3 is 5.63 Å². The molecule has 0 N–H and O–H groups in total. The lowest BCUT2D eigenvalue weighted by Gasteiger charge is -2.22. The summed E-state index contributed by atoms with van der Waals surface area (Å²) in [6.07, 6.45) is 4.01. The normalized spacial score (nSPS) is 15.8. The van der Waals surface area contributed by atoms with Crippen LogP contribution in [0.1, 0.15) is 71.3 Å². The molecule has 3 rings (SSSR count). The number of hydrogen-bond acceptors (Lipinski definition) is 5. The lowest BCUT2D eigenvalue weighted by Crippen LogP contribution is -2.39. The number of nitrogens with zero attached hydrogens (tertiary/aromatic N) is 2. The maximum Gasteiger partial charge on any atom is 0.349 e. The highest BCUT2D eigenvalue weighted by Gasteiger charge is 2.27. The summed E-state index contributed by atoms with van der Waals surface area (Å²) >= 11 is 0. The van der Waals surface area contributed by atoms with E-state index in [9.17, 15) is 14.4 Å². The Hall–Kier alpha value is -2.83. The molecule has 0 saturated carbocycles. The topological polar surface area (TPSA) is 84.0 Å². The second-order valence-electron chi connectivity index (χ2n) is 7.60. The summed E-state index contributed by atoms with van der Waals surface area (Å²) in [6, 6.07) is 5.11. The van der Waals surface area contributed by atoms with E-state index in [1.165, 1.54) is 6.26 Å². The molecule has 29 heavy (non-hydrogen) atoms. The van der Waals surface area contributed by atoms with Gasteiger partial charge < -0.3 is 18.6 Å². The maximum atomic E-state index is 13.1. The molecule has 2 amide bonds. The average molecular weight is 400 g/mol. The van der Waals surface area contributed by atoms with Crippen molar-refractivity contribution >= 4 is 11.8 Å². The zero-order valence-corrected chi connectivity index (χ0v) is 17.3. The summed E-state index contributed by atoms with van der Waals surface area (Å²) < 4.78 is 10.7. The van der Waals surface area contributed by atoms with Crippen LogP contribution in [-0.2, 0) is 0 Å². The van der Waals surface area contributed by atoms with Crippen LogP contribution in [0.2, 0.25) is 0 Å². The first-order valence-corrected chi connectivity index (χ1v) is 10.2. The molecule has 1 unspecified atom stereocenters. The summed E-state index contributed by atoms with van der Waals surface area (Å²) in [5, 5.41) is 0. The van der Waals surface area contributed by atoms with Crippen LogP contribution in [0.25, 0.3) is 0 Å². The first-order valence-electron chi connectivity index (χ1n) is 10.2. The molecule has 2 aromatic rings. The number of furan rings is 1. The van der Waals surface area contributed by atoms with Crippen molar-refractivity contribution in [2.45, 2.75) is 46.0 Å². The minimum atomic E-state index is -0.583. The van der Waals surface area contributed by atoms with Crippen LogP contribution < -0.4 is 5.63 Å². The Morgan fingerprint density at radius 1 is 1.14 bits per heavy atom. The smallest absolute Gasteiger partial charge is 0.349 e. The van der Waals surface area contributed by atoms with Crippen molar-refractivity contribution in [1.29, 1.82) is 0 Å². The molecule has 1 fully saturated rings. The number of hydrogen-bond donors (Lipinski definition) is 0. The molecule has 1 aliphatic heterocycles. The van der Waals surface area contributed by atoms with Gasteiger partial charge in [0.05, 0.1) is 6.26 Å². The van der Waals surface area contributed by atoms with Gasteiger partial charge in [0.15, 0.2) is 5.76 Å². The predicted octanol–water partition coefficient (Wildman–Crippen LogP) is 3.43. The van der Waals surface area contributed by atoms with Gasteiger partial charge in [0.1, 0.15) is 11.3 Å². The lowest BCUT2D eigenvalue weighted by molar-refractivity contribution is 0.0698. The minimum absolute atomic E-state index is 0.0864. The Morgan fingerprint density at radius 3 is 2.41 bits per heavy atom. The van der Waals surface area contributed by atoms with Gasteiger partial charge in [-0.2, -0.15) is 0 Å². The first-order chi connectivity index (χ1) is 13.9. The SMILES string of the molecule is CCCC(C)c1cc(C)c(C(=O)N2CCCN(C(=O)c3ccco3)CC2)c(=O)o1. The zero-order valence-electron chi connectivity index (χ0n) is 17.3. The molecular formula is C22H28N2O5. The van der Waals surface area contributed by atoms with Gasteiger partial charge in [0, 0.05) is 32.1 Å². The third-order valence-corrected chi connectivity index (χ3v) is 5.39. The van der Waals surface area contributed by atoms with Crippen molar-refractivity contribution in [2.24, 2.45) is 0 Å². The van der Waals surface area contributed by atoms with Gasteiger partial charge in [-0.25, -0.2) is 4.79 Å². The fourth-order valence-electron chi connectivity index (χ4n) is 3.75. The van der Waals surface area contributed by atoms with Crippen molar-refractivity contribution in [3.05, 3.63) is 57.5 Å².